The molecule has 134 valence electrons. The second kappa shape index (κ2) is 7.80. The molecule has 0 aliphatic carbocycles. The molecule has 0 aliphatic rings. The number of para-hydroxylation sites is 2. The van der Waals surface area contributed by atoms with Gasteiger partial charge < -0.3 is 21.4 Å². The van der Waals surface area contributed by atoms with Crippen molar-refractivity contribution in [3.8, 4) is 0 Å². The topological polar surface area (TPSA) is 83.6 Å². The quantitative estimate of drug-likeness (QED) is 0.356. The summed E-state index contributed by atoms with van der Waals surface area (Å²) in [4.78, 5) is 7.10. The van der Waals surface area contributed by atoms with Gasteiger partial charge in [-0.1, -0.05) is 36.4 Å². The Balaban J connectivity index is 1.67. The molecule has 6 heteroatoms. The van der Waals surface area contributed by atoms with Crippen LogP contribution >= 0.6 is 21.6 Å². The molecule has 4 rings (SSSR count). The highest BCUT2D eigenvalue weighted by molar-refractivity contribution is 8.76. The molecule has 2 aromatic heterocycles. The Morgan fingerprint density at radius 3 is 1.50 bits per heavy atom. The molecule has 0 bridgehead atoms. The van der Waals surface area contributed by atoms with Crippen LogP contribution < -0.4 is 11.5 Å². The fraction of sp³-hybridized carbons (Fsp3) is 0.200. The van der Waals surface area contributed by atoms with E-state index in [0.717, 1.165) is 23.9 Å². The Morgan fingerprint density at radius 2 is 1.08 bits per heavy atom. The molecule has 6 N–H and O–H groups in total. The minimum Gasteiger partial charge on any atom is -0.349 e. The molecule has 4 aromatic rings. The molecule has 0 spiro atoms. The van der Waals surface area contributed by atoms with Crippen molar-refractivity contribution in [2.24, 2.45) is 11.5 Å². The summed E-state index contributed by atoms with van der Waals surface area (Å²) in [5.41, 5.74) is 16.6. The van der Waals surface area contributed by atoms with Crippen LogP contribution in [0.1, 0.15) is 11.1 Å². The van der Waals surface area contributed by atoms with Crippen molar-refractivity contribution in [2.75, 3.05) is 13.1 Å². The number of nitrogens with two attached hydrogens (primary N) is 2. The Hall–Kier alpha value is -1.86. The minimum atomic E-state index is 0.644. The van der Waals surface area contributed by atoms with E-state index >= 15 is 0 Å². The molecule has 2 aromatic carbocycles. The number of aromatic nitrogens is 2. The highest BCUT2D eigenvalue weighted by Gasteiger charge is 2.15. The van der Waals surface area contributed by atoms with Gasteiger partial charge in [-0.3, -0.25) is 0 Å². The number of aromatic amines is 2. The summed E-state index contributed by atoms with van der Waals surface area (Å²) < 4.78 is 0. The predicted octanol–water partition coefficient (Wildman–Crippen LogP) is 4.45. The second-order valence-corrected chi connectivity index (χ2v) is 8.35. The summed E-state index contributed by atoms with van der Waals surface area (Å²) in [6.45, 7) is 1.29. The zero-order valence-corrected chi connectivity index (χ0v) is 16.1. The average Bonchev–Trinajstić information content (AvgIpc) is 3.19. The van der Waals surface area contributed by atoms with E-state index in [1.807, 2.05) is 0 Å². The predicted molar refractivity (Wildman–Crippen MR) is 114 cm³/mol. The molecule has 0 radical (unpaired) electrons. The van der Waals surface area contributed by atoms with E-state index in [0.29, 0.717) is 13.1 Å². The lowest BCUT2D eigenvalue weighted by molar-refractivity contribution is 0.943. The molecular formula is C20H22N4S2. The zero-order chi connectivity index (χ0) is 17.9. The second-order valence-electron chi connectivity index (χ2n) is 6.20. The molecule has 2 heterocycles. The van der Waals surface area contributed by atoms with Gasteiger partial charge in [0.25, 0.3) is 0 Å². The van der Waals surface area contributed by atoms with Crippen molar-refractivity contribution in [3.05, 3.63) is 59.7 Å². The SMILES string of the molecule is NCCc1c(SSc2[nH]c3ccccc3c2CCN)[nH]c2ccccc12. The third-order valence-electron chi connectivity index (χ3n) is 4.55. The average molecular weight is 383 g/mol. The minimum absolute atomic E-state index is 0.644. The summed E-state index contributed by atoms with van der Waals surface area (Å²) in [6.07, 6.45) is 1.74. The van der Waals surface area contributed by atoms with Crippen molar-refractivity contribution in [3.63, 3.8) is 0 Å². The van der Waals surface area contributed by atoms with Gasteiger partial charge in [-0.2, -0.15) is 0 Å². The van der Waals surface area contributed by atoms with Crippen molar-refractivity contribution in [2.45, 2.75) is 22.9 Å². The Labute approximate surface area is 160 Å². The summed E-state index contributed by atoms with van der Waals surface area (Å²) in [5.74, 6) is 0. The van der Waals surface area contributed by atoms with E-state index in [1.165, 1.54) is 32.0 Å². The molecule has 0 atom stereocenters. The van der Waals surface area contributed by atoms with Crippen molar-refractivity contribution < 1.29 is 0 Å². The lowest BCUT2D eigenvalue weighted by Gasteiger charge is -2.04. The Morgan fingerprint density at radius 1 is 0.654 bits per heavy atom. The molecule has 0 saturated heterocycles. The van der Waals surface area contributed by atoms with Crippen molar-refractivity contribution >= 4 is 43.4 Å². The first kappa shape index (κ1) is 17.5. The normalized spacial score (nSPS) is 11.6. The molecule has 0 aliphatic heterocycles. The van der Waals surface area contributed by atoms with Gasteiger partial charge in [-0.05, 0) is 70.8 Å². The first-order chi connectivity index (χ1) is 12.8. The maximum absolute atomic E-state index is 5.85. The number of hydrogen-bond donors (Lipinski definition) is 4. The first-order valence-corrected chi connectivity index (χ1v) is 10.9. The third-order valence-corrected chi connectivity index (χ3v) is 6.91. The molecule has 0 amide bonds. The molecular weight excluding hydrogens is 360 g/mol. The summed E-state index contributed by atoms with van der Waals surface area (Å²) in [6, 6.07) is 16.8. The highest BCUT2D eigenvalue weighted by Crippen LogP contribution is 2.43. The number of nitrogens with one attached hydrogen (secondary N) is 2. The van der Waals surface area contributed by atoms with E-state index in [4.69, 9.17) is 11.5 Å². The number of hydrogen-bond acceptors (Lipinski definition) is 4. The lowest BCUT2D eigenvalue weighted by Crippen LogP contribution is -2.03. The zero-order valence-electron chi connectivity index (χ0n) is 14.4. The maximum Gasteiger partial charge on any atom is 0.0877 e. The van der Waals surface area contributed by atoms with E-state index in [1.54, 1.807) is 21.6 Å². The molecule has 4 nitrogen and oxygen atoms in total. The Kier molecular flexibility index (Phi) is 5.26. The monoisotopic (exact) mass is 382 g/mol. The van der Waals surface area contributed by atoms with Crippen LogP contribution in [0.5, 0.6) is 0 Å². The highest BCUT2D eigenvalue weighted by atomic mass is 33.1. The number of benzene rings is 2. The van der Waals surface area contributed by atoms with Gasteiger partial charge in [0.05, 0.1) is 10.1 Å². The third kappa shape index (κ3) is 3.25. The van der Waals surface area contributed by atoms with Crippen LogP contribution in [-0.4, -0.2) is 23.1 Å². The number of rotatable bonds is 7. The van der Waals surface area contributed by atoms with Crippen LogP contribution in [0.25, 0.3) is 21.8 Å². The standard InChI is InChI=1S/C20H22N4S2/c21-11-9-15-13-5-1-3-7-17(13)23-19(15)25-26-20-16(10-12-22)14-6-2-4-8-18(14)24-20/h1-8,23-24H,9-12,21-22H2. The van der Waals surface area contributed by atoms with Gasteiger partial charge in [0.1, 0.15) is 0 Å². The van der Waals surface area contributed by atoms with Gasteiger partial charge in [0, 0.05) is 21.8 Å². The van der Waals surface area contributed by atoms with E-state index in [9.17, 15) is 0 Å². The summed E-state index contributed by atoms with van der Waals surface area (Å²) >= 11 is 0. The number of H-pyrrole nitrogens is 2. The van der Waals surface area contributed by atoms with E-state index in [-0.39, 0.29) is 0 Å². The van der Waals surface area contributed by atoms with Crippen LogP contribution in [0.2, 0.25) is 0 Å². The summed E-state index contributed by atoms with van der Waals surface area (Å²) in [5, 5.41) is 4.89. The van der Waals surface area contributed by atoms with Gasteiger partial charge in [0.15, 0.2) is 0 Å². The van der Waals surface area contributed by atoms with Gasteiger partial charge in [-0.25, -0.2) is 0 Å². The van der Waals surface area contributed by atoms with Crippen LogP contribution in [0, 0.1) is 0 Å². The van der Waals surface area contributed by atoms with E-state index < -0.39 is 0 Å². The Bertz CT molecular complexity index is 951. The lowest BCUT2D eigenvalue weighted by atomic mass is 10.1. The fourth-order valence-electron chi connectivity index (χ4n) is 3.36. The van der Waals surface area contributed by atoms with Crippen LogP contribution in [-0.2, 0) is 12.8 Å². The van der Waals surface area contributed by atoms with Crippen molar-refractivity contribution in [1.29, 1.82) is 0 Å². The van der Waals surface area contributed by atoms with Gasteiger partial charge >= 0.3 is 0 Å². The van der Waals surface area contributed by atoms with Gasteiger partial charge in [-0.15, -0.1) is 0 Å². The van der Waals surface area contributed by atoms with Crippen LogP contribution in [0.15, 0.2) is 58.6 Å². The first-order valence-electron chi connectivity index (χ1n) is 8.75. The number of fused-ring (bicyclic) bond motifs is 2. The van der Waals surface area contributed by atoms with E-state index in [2.05, 4.69) is 58.5 Å². The fourth-order valence-corrected chi connectivity index (χ4v) is 5.81. The molecule has 26 heavy (non-hydrogen) atoms. The van der Waals surface area contributed by atoms with Crippen molar-refractivity contribution in [1.82, 2.24) is 9.97 Å². The largest absolute Gasteiger partial charge is 0.349 e. The maximum atomic E-state index is 5.85. The molecule has 0 saturated carbocycles. The summed E-state index contributed by atoms with van der Waals surface area (Å²) in [7, 11) is 3.51. The molecule has 0 fully saturated rings. The van der Waals surface area contributed by atoms with Crippen LogP contribution in [0.4, 0.5) is 0 Å². The van der Waals surface area contributed by atoms with Crippen LogP contribution in [0.3, 0.4) is 0 Å². The smallest absolute Gasteiger partial charge is 0.0877 e. The molecule has 0 unspecified atom stereocenters. The van der Waals surface area contributed by atoms with Gasteiger partial charge in [0.2, 0.25) is 0 Å².